The fourth-order valence-corrected chi connectivity index (χ4v) is 1.40. The molecule has 1 aromatic rings. The molecule has 0 atom stereocenters. The number of aromatic amines is 1. The van der Waals surface area contributed by atoms with Gasteiger partial charge in [0.1, 0.15) is 5.69 Å². The molecule has 7 heteroatoms. The molecule has 0 aromatic carbocycles. The van der Waals surface area contributed by atoms with Gasteiger partial charge >= 0.3 is 6.18 Å². The number of nitrogens with one attached hydrogen (secondary N) is 1. The molecular weight excluding hydrogens is 231 g/mol. The third-order valence-corrected chi connectivity index (χ3v) is 2.17. The number of rotatable bonds is 4. The standard InChI is InChI=1S/C9H11F5N2/c1-2-3-4-5-6(8(10)11)15-16-7(5)9(12,13)14/h8H,2-4H2,1H3,(H,15,16). The van der Waals surface area contributed by atoms with Crippen LogP contribution in [0.4, 0.5) is 22.0 Å². The first kappa shape index (κ1) is 12.9. The summed E-state index contributed by atoms with van der Waals surface area (Å²) >= 11 is 0. The summed E-state index contributed by atoms with van der Waals surface area (Å²) in [5.41, 5.74) is -2.36. The summed E-state index contributed by atoms with van der Waals surface area (Å²) in [6.07, 6.45) is -6.64. The Morgan fingerprint density at radius 1 is 1.31 bits per heavy atom. The molecule has 0 unspecified atom stereocenters. The van der Waals surface area contributed by atoms with E-state index in [0.717, 1.165) is 0 Å². The summed E-state index contributed by atoms with van der Waals surface area (Å²) < 4.78 is 62.1. The second-order valence-corrected chi connectivity index (χ2v) is 3.37. The van der Waals surface area contributed by atoms with Gasteiger partial charge in [0, 0.05) is 5.56 Å². The summed E-state index contributed by atoms with van der Waals surface area (Å²) in [4.78, 5) is 0. The second kappa shape index (κ2) is 4.80. The summed E-state index contributed by atoms with van der Waals surface area (Å²) in [5.74, 6) is 0. The summed E-state index contributed by atoms with van der Waals surface area (Å²) in [6, 6.07) is 0. The highest BCUT2D eigenvalue weighted by Crippen LogP contribution is 2.35. The van der Waals surface area contributed by atoms with Crippen molar-refractivity contribution in [1.82, 2.24) is 10.2 Å². The maximum Gasteiger partial charge on any atom is 0.435 e. The Hall–Kier alpha value is -1.14. The van der Waals surface area contributed by atoms with E-state index in [2.05, 4.69) is 5.10 Å². The van der Waals surface area contributed by atoms with Crippen molar-refractivity contribution in [3.8, 4) is 0 Å². The highest BCUT2D eigenvalue weighted by molar-refractivity contribution is 5.28. The van der Waals surface area contributed by atoms with Crippen LogP contribution in [0.3, 0.4) is 0 Å². The van der Waals surface area contributed by atoms with Crippen molar-refractivity contribution in [2.75, 3.05) is 0 Å². The summed E-state index contributed by atoms with van der Waals surface area (Å²) in [7, 11) is 0. The van der Waals surface area contributed by atoms with Crippen molar-refractivity contribution in [2.24, 2.45) is 0 Å². The number of unbranched alkanes of at least 4 members (excludes halogenated alkanes) is 1. The molecule has 1 heterocycles. The van der Waals surface area contributed by atoms with Crippen molar-refractivity contribution < 1.29 is 22.0 Å². The molecule has 16 heavy (non-hydrogen) atoms. The number of hydrogen-bond acceptors (Lipinski definition) is 1. The molecule has 0 radical (unpaired) electrons. The van der Waals surface area contributed by atoms with E-state index in [1.807, 2.05) is 0 Å². The molecule has 0 bridgehead atoms. The third-order valence-electron chi connectivity index (χ3n) is 2.17. The average Bonchev–Trinajstić information content (AvgIpc) is 2.57. The van der Waals surface area contributed by atoms with E-state index >= 15 is 0 Å². The predicted molar refractivity (Wildman–Crippen MR) is 47.2 cm³/mol. The fourth-order valence-electron chi connectivity index (χ4n) is 1.40. The Labute approximate surface area is 88.8 Å². The van der Waals surface area contributed by atoms with Gasteiger partial charge in [-0.05, 0) is 12.8 Å². The van der Waals surface area contributed by atoms with Crippen LogP contribution in [0.15, 0.2) is 0 Å². The second-order valence-electron chi connectivity index (χ2n) is 3.37. The molecule has 1 N–H and O–H groups in total. The summed E-state index contributed by atoms with van der Waals surface area (Å²) in [6.45, 7) is 1.77. The van der Waals surface area contributed by atoms with Crippen LogP contribution in [0.25, 0.3) is 0 Å². The lowest BCUT2D eigenvalue weighted by Gasteiger charge is -2.07. The van der Waals surface area contributed by atoms with Gasteiger partial charge in [0.25, 0.3) is 6.43 Å². The molecular formula is C9H11F5N2. The van der Waals surface area contributed by atoms with Crippen LogP contribution >= 0.6 is 0 Å². The molecule has 92 valence electrons. The maximum absolute atomic E-state index is 12.4. The smallest absolute Gasteiger partial charge is 0.276 e. The van der Waals surface area contributed by atoms with E-state index in [4.69, 9.17) is 0 Å². The van der Waals surface area contributed by atoms with Crippen LogP contribution in [-0.4, -0.2) is 10.2 Å². The zero-order valence-corrected chi connectivity index (χ0v) is 8.54. The Kier molecular flexibility index (Phi) is 3.88. The molecule has 0 amide bonds. The lowest BCUT2D eigenvalue weighted by atomic mass is 10.1. The Bertz CT molecular complexity index is 342. The van der Waals surface area contributed by atoms with Crippen LogP contribution in [0, 0.1) is 0 Å². The number of alkyl halides is 5. The van der Waals surface area contributed by atoms with Gasteiger partial charge in [-0.25, -0.2) is 8.78 Å². The van der Waals surface area contributed by atoms with E-state index in [-0.39, 0.29) is 6.42 Å². The van der Waals surface area contributed by atoms with Crippen molar-refractivity contribution in [2.45, 2.75) is 38.8 Å². The average molecular weight is 242 g/mol. The molecule has 0 aliphatic rings. The van der Waals surface area contributed by atoms with Gasteiger partial charge in [0.2, 0.25) is 0 Å². The highest BCUT2D eigenvalue weighted by atomic mass is 19.4. The van der Waals surface area contributed by atoms with Crippen molar-refractivity contribution in [1.29, 1.82) is 0 Å². The molecule has 0 saturated heterocycles. The van der Waals surface area contributed by atoms with Gasteiger partial charge in [-0.1, -0.05) is 13.3 Å². The first-order valence-electron chi connectivity index (χ1n) is 4.80. The minimum absolute atomic E-state index is 0.0402. The Morgan fingerprint density at radius 3 is 2.38 bits per heavy atom. The maximum atomic E-state index is 12.4. The molecule has 0 spiro atoms. The number of hydrogen-bond donors (Lipinski definition) is 1. The first-order valence-corrected chi connectivity index (χ1v) is 4.80. The molecule has 1 aromatic heterocycles. The quantitative estimate of drug-likeness (QED) is 0.801. The molecule has 2 nitrogen and oxygen atoms in total. The van der Waals surface area contributed by atoms with Crippen LogP contribution in [0.5, 0.6) is 0 Å². The van der Waals surface area contributed by atoms with Gasteiger partial charge in [-0.15, -0.1) is 0 Å². The van der Waals surface area contributed by atoms with Crippen molar-refractivity contribution >= 4 is 0 Å². The Balaban J connectivity index is 3.09. The van der Waals surface area contributed by atoms with Gasteiger partial charge in [0.05, 0.1) is 0 Å². The van der Waals surface area contributed by atoms with Gasteiger partial charge in [-0.3, -0.25) is 5.10 Å². The van der Waals surface area contributed by atoms with Crippen LogP contribution in [-0.2, 0) is 12.6 Å². The molecule has 1 rings (SSSR count). The zero-order chi connectivity index (χ0) is 12.3. The zero-order valence-electron chi connectivity index (χ0n) is 8.54. The predicted octanol–water partition coefficient (Wildman–Crippen LogP) is 3.71. The van der Waals surface area contributed by atoms with Gasteiger partial charge in [-0.2, -0.15) is 18.3 Å². The fraction of sp³-hybridized carbons (Fsp3) is 0.667. The lowest BCUT2D eigenvalue weighted by molar-refractivity contribution is -0.141. The number of halogens is 5. The van der Waals surface area contributed by atoms with Gasteiger partial charge < -0.3 is 0 Å². The summed E-state index contributed by atoms with van der Waals surface area (Å²) in [5, 5.41) is 4.70. The monoisotopic (exact) mass is 242 g/mol. The molecule has 0 fully saturated rings. The molecule has 0 aliphatic carbocycles. The Morgan fingerprint density at radius 2 is 1.94 bits per heavy atom. The highest BCUT2D eigenvalue weighted by Gasteiger charge is 2.38. The largest absolute Gasteiger partial charge is 0.435 e. The third kappa shape index (κ3) is 2.70. The number of aromatic nitrogens is 2. The van der Waals surface area contributed by atoms with E-state index in [0.29, 0.717) is 12.8 Å². The van der Waals surface area contributed by atoms with Crippen LogP contribution in [0.1, 0.15) is 43.1 Å². The van der Waals surface area contributed by atoms with Crippen LogP contribution in [0.2, 0.25) is 0 Å². The number of H-pyrrole nitrogens is 1. The number of nitrogens with zero attached hydrogens (tertiary/aromatic N) is 1. The van der Waals surface area contributed by atoms with E-state index in [9.17, 15) is 22.0 Å². The van der Waals surface area contributed by atoms with E-state index in [1.165, 1.54) is 0 Å². The normalized spacial score (nSPS) is 12.4. The first-order chi connectivity index (χ1) is 7.38. The SMILES string of the molecule is CCCCc1c(C(F)(F)F)n[nH]c1C(F)F. The molecule has 0 aliphatic heterocycles. The van der Waals surface area contributed by atoms with Gasteiger partial charge in [0.15, 0.2) is 5.69 Å². The van der Waals surface area contributed by atoms with Crippen molar-refractivity contribution in [3.63, 3.8) is 0 Å². The topological polar surface area (TPSA) is 28.7 Å². The minimum Gasteiger partial charge on any atom is -0.276 e. The van der Waals surface area contributed by atoms with Crippen molar-refractivity contribution in [3.05, 3.63) is 17.0 Å². The lowest BCUT2D eigenvalue weighted by Crippen LogP contribution is -2.09. The molecule has 0 saturated carbocycles. The van der Waals surface area contributed by atoms with E-state index < -0.39 is 29.6 Å². The van der Waals surface area contributed by atoms with E-state index in [1.54, 1.807) is 12.0 Å². The minimum atomic E-state index is -4.69. The van der Waals surface area contributed by atoms with Crippen LogP contribution < -0.4 is 0 Å².